The molecule has 2 aromatic heterocycles. The van der Waals surface area contributed by atoms with E-state index in [1.807, 2.05) is 26.0 Å². The van der Waals surface area contributed by atoms with Crippen LogP contribution in [0, 0.1) is 28.7 Å². The van der Waals surface area contributed by atoms with Crippen molar-refractivity contribution in [2.45, 2.75) is 33.1 Å². The number of ketones is 4. The Bertz CT molecular complexity index is 2370. The zero-order valence-corrected chi connectivity index (χ0v) is 26.2. The summed E-state index contributed by atoms with van der Waals surface area (Å²) in [6.45, 7) is 8.15. The van der Waals surface area contributed by atoms with E-state index < -0.39 is 68.4 Å². The number of carbonyl (C=O) groups excluding carboxylic acids is 4. The zero-order valence-electron chi connectivity index (χ0n) is 24.6. The van der Waals surface area contributed by atoms with Gasteiger partial charge in [-0.2, -0.15) is 0 Å². The minimum absolute atomic E-state index is 0.0388. The van der Waals surface area contributed by atoms with Crippen molar-refractivity contribution in [2.75, 3.05) is 0 Å². The Kier molecular flexibility index (Phi) is 5.68. The first-order chi connectivity index (χ1) is 21.6. The molecule has 0 amide bonds. The Balaban J connectivity index is 1.21. The topological polar surface area (TPSA) is 68.3 Å². The van der Waals surface area contributed by atoms with Crippen LogP contribution in [0.3, 0.4) is 0 Å². The zero-order chi connectivity index (χ0) is 32.8. The maximum Gasteiger partial charge on any atom is 0.237 e. The van der Waals surface area contributed by atoms with E-state index in [1.54, 1.807) is 17.4 Å². The van der Waals surface area contributed by atoms with Crippen LogP contribution in [0.2, 0.25) is 0 Å². The molecule has 0 fully saturated rings. The van der Waals surface area contributed by atoms with Crippen molar-refractivity contribution in [3.63, 3.8) is 0 Å². The minimum atomic E-state index is -1.07. The maximum atomic E-state index is 14.5. The van der Waals surface area contributed by atoms with Gasteiger partial charge in [-0.25, -0.2) is 17.6 Å². The molecule has 4 aliphatic carbocycles. The molecule has 0 atom stereocenters. The molecule has 4 aliphatic rings. The number of halogens is 4. The van der Waals surface area contributed by atoms with Crippen molar-refractivity contribution in [1.82, 2.24) is 0 Å². The lowest BCUT2D eigenvalue weighted by molar-refractivity contribution is -0.110. The fraction of sp³-hybridized carbons (Fsp3) is 0.167. The van der Waals surface area contributed by atoms with Crippen LogP contribution in [0.25, 0.3) is 32.2 Å². The molecule has 8 rings (SSSR count). The first kappa shape index (κ1) is 28.9. The van der Waals surface area contributed by atoms with Crippen molar-refractivity contribution in [3.05, 3.63) is 114 Å². The molecule has 10 heteroatoms. The Morgan fingerprint density at radius 3 is 1.76 bits per heavy atom. The Labute approximate surface area is 267 Å². The molecule has 4 nitrogen and oxygen atoms in total. The molecule has 46 heavy (non-hydrogen) atoms. The van der Waals surface area contributed by atoms with E-state index in [9.17, 15) is 36.7 Å². The van der Waals surface area contributed by atoms with Gasteiger partial charge in [0.2, 0.25) is 23.1 Å². The molecule has 4 aromatic rings. The minimum Gasteiger partial charge on any atom is -0.285 e. The van der Waals surface area contributed by atoms with Gasteiger partial charge in [-0.1, -0.05) is 33.8 Å². The van der Waals surface area contributed by atoms with E-state index in [1.165, 1.54) is 17.4 Å². The summed E-state index contributed by atoms with van der Waals surface area (Å²) in [6, 6.07) is 5.09. The molecule has 0 radical (unpaired) electrons. The number of thiophene rings is 2. The third kappa shape index (κ3) is 3.59. The molecule has 2 aromatic carbocycles. The molecular weight excluding hydrogens is 637 g/mol. The summed E-state index contributed by atoms with van der Waals surface area (Å²) in [5.74, 6) is -7.64. The van der Waals surface area contributed by atoms with Crippen molar-refractivity contribution < 1.29 is 36.7 Å². The number of hydrogen-bond acceptors (Lipinski definition) is 6. The van der Waals surface area contributed by atoms with Gasteiger partial charge in [0.15, 0.2) is 0 Å². The van der Waals surface area contributed by atoms with Gasteiger partial charge in [-0.05, 0) is 52.6 Å². The second-order valence-corrected chi connectivity index (χ2v) is 15.0. The van der Waals surface area contributed by atoms with Crippen molar-refractivity contribution >= 4 is 78.0 Å². The Morgan fingerprint density at radius 2 is 1.20 bits per heavy atom. The normalized spacial score (nSPS) is 20.8. The number of benzene rings is 2. The quantitative estimate of drug-likeness (QED) is 0.123. The van der Waals surface area contributed by atoms with Gasteiger partial charge in [0.05, 0.1) is 15.8 Å². The molecule has 0 N–H and O–H groups in total. The van der Waals surface area contributed by atoms with Crippen LogP contribution in [0.1, 0.15) is 74.9 Å². The predicted molar refractivity (Wildman–Crippen MR) is 169 cm³/mol. The van der Waals surface area contributed by atoms with E-state index in [-0.39, 0.29) is 22.3 Å². The van der Waals surface area contributed by atoms with Gasteiger partial charge in [-0.3, -0.25) is 19.2 Å². The van der Waals surface area contributed by atoms with Crippen molar-refractivity contribution in [2.24, 2.45) is 5.41 Å². The molecule has 0 aliphatic heterocycles. The van der Waals surface area contributed by atoms with Crippen molar-refractivity contribution in [1.29, 1.82) is 0 Å². The van der Waals surface area contributed by atoms with E-state index in [2.05, 4.69) is 13.8 Å². The summed E-state index contributed by atoms with van der Waals surface area (Å²) >= 11 is 2.97. The standard InChI is InChI=1S/C36H20F4O4S2/c1-35(2)13(5-19-17-7-14(37)9-22(39)25(17)31(43)29(19)41)6-21-27(35)34-28(36(21,3)4)33-24(46-34)12-16(45-33)11-20-18-8-15(38)10-23(40)26(18)32(44)30(20)42/h5-12H,1-4H3/b19-5-,20-11-. The van der Waals surface area contributed by atoms with Crippen LogP contribution in [-0.2, 0) is 15.0 Å². The molecular formula is C36H20F4O4S2. The fourth-order valence-corrected chi connectivity index (χ4v) is 10.3. The van der Waals surface area contributed by atoms with Crippen molar-refractivity contribution in [3.8, 4) is 0 Å². The van der Waals surface area contributed by atoms with Crippen LogP contribution in [0.15, 0.2) is 53.6 Å². The predicted octanol–water partition coefficient (Wildman–Crippen LogP) is 8.69. The van der Waals surface area contributed by atoms with Crippen LogP contribution in [0.4, 0.5) is 17.6 Å². The van der Waals surface area contributed by atoms with Crippen LogP contribution in [0.5, 0.6) is 0 Å². The average molecular weight is 657 g/mol. The van der Waals surface area contributed by atoms with Crippen LogP contribution < -0.4 is 0 Å². The van der Waals surface area contributed by atoms with E-state index in [0.29, 0.717) is 17.0 Å². The third-order valence-corrected chi connectivity index (χ3v) is 11.8. The molecule has 0 spiro atoms. The van der Waals surface area contributed by atoms with Crippen LogP contribution >= 0.6 is 22.7 Å². The highest BCUT2D eigenvalue weighted by Gasteiger charge is 2.50. The summed E-state index contributed by atoms with van der Waals surface area (Å²) in [7, 11) is 0. The van der Waals surface area contributed by atoms with Gasteiger partial charge >= 0.3 is 0 Å². The number of fused-ring (bicyclic) bond motifs is 6. The highest BCUT2D eigenvalue weighted by atomic mass is 32.1. The molecule has 0 bridgehead atoms. The Hall–Kier alpha value is -4.54. The first-order valence-electron chi connectivity index (χ1n) is 14.3. The number of Topliss-reactive ketones (excluding diaryl/α,β-unsaturated/α-hetero) is 4. The van der Waals surface area contributed by atoms with Gasteiger partial charge in [0.25, 0.3) is 0 Å². The van der Waals surface area contributed by atoms with E-state index >= 15 is 0 Å². The second kappa shape index (κ2) is 9.04. The number of carbonyl (C=O) groups is 4. The summed E-state index contributed by atoms with van der Waals surface area (Å²) in [5, 5.41) is 0. The molecule has 2 heterocycles. The largest absolute Gasteiger partial charge is 0.285 e. The second-order valence-electron chi connectivity index (χ2n) is 12.8. The van der Waals surface area contributed by atoms with E-state index in [0.717, 1.165) is 48.7 Å². The summed E-state index contributed by atoms with van der Waals surface area (Å²) < 4.78 is 59.0. The third-order valence-electron chi connectivity index (χ3n) is 9.46. The lowest BCUT2D eigenvalue weighted by Crippen LogP contribution is -2.15. The average Bonchev–Trinajstić information content (AvgIpc) is 3.72. The highest BCUT2D eigenvalue weighted by Crippen LogP contribution is 2.64. The molecule has 228 valence electrons. The summed E-state index contributed by atoms with van der Waals surface area (Å²) in [5.41, 5.74) is 1.72. The number of hydrogen-bond donors (Lipinski definition) is 0. The monoisotopic (exact) mass is 656 g/mol. The molecule has 0 unspecified atom stereocenters. The maximum absolute atomic E-state index is 14.5. The van der Waals surface area contributed by atoms with Gasteiger partial charge in [-0.15, -0.1) is 22.7 Å². The molecule has 0 saturated carbocycles. The molecule has 0 saturated heterocycles. The summed E-state index contributed by atoms with van der Waals surface area (Å²) in [4.78, 5) is 52.5. The summed E-state index contributed by atoms with van der Waals surface area (Å²) in [6.07, 6.45) is 5.06. The van der Waals surface area contributed by atoms with Crippen LogP contribution in [-0.4, -0.2) is 23.1 Å². The first-order valence-corrected chi connectivity index (χ1v) is 15.9. The number of rotatable bonds is 2. The fourth-order valence-electron chi connectivity index (χ4n) is 7.20. The SMILES string of the molecule is CC1(C)C(/C=C2\C(=O)C(=O)c3c(F)cc(F)cc32)=CC2=C1c1sc3cc(/C=C4\C(=O)C(=O)c5c(F)cc(F)cc54)sc3c1C2(C)C. The highest BCUT2D eigenvalue weighted by molar-refractivity contribution is 7.29. The Morgan fingerprint density at radius 1 is 0.652 bits per heavy atom. The lowest BCUT2D eigenvalue weighted by atomic mass is 9.79. The van der Waals surface area contributed by atoms with Gasteiger partial charge in [0.1, 0.15) is 23.3 Å². The van der Waals surface area contributed by atoms with Gasteiger partial charge in [0, 0.05) is 59.7 Å². The smallest absolute Gasteiger partial charge is 0.237 e. The van der Waals surface area contributed by atoms with E-state index in [4.69, 9.17) is 0 Å². The lowest BCUT2D eigenvalue weighted by Gasteiger charge is -2.25. The van der Waals surface area contributed by atoms with Gasteiger partial charge < -0.3 is 0 Å². The number of allylic oxidation sites excluding steroid dienone is 7.